The smallest absolute Gasteiger partial charge is 0.233 e. The van der Waals surface area contributed by atoms with Crippen LogP contribution in [0.4, 0.5) is 10.3 Å². The number of aromatic nitrogens is 4. The fourth-order valence-corrected chi connectivity index (χ4v) is 5.04. The summed E-state index contributed by atoms with van der Waals surface area (Å²) in [6.45, 7) is 4.28. The van der Waals surface area contributed by atoms with Gasteiger partial charge in [0.15, 0.2) is 5.82 Å². The summed E-state index contributed by atoms with van der Waals surface area (Å²) in [4.78, 5) is 32.2. The molecule has 4 aromatic rings. The zero-order valence-corrected chi connectivity index (χ0v) is 22.2. The number of hydrogen-bond donors (Lipinski definition) is 2. The lowest BCUT2D eigenvalue weighted by Gasteiger charge is -2.40. The number of likely N-dealkylation sites (tertiary alicyclic amines) is 1. The van der Waals surface area contributed by atoms with Gasteiger partial charge in [0.05, 0.1) is 48.5 Å². The monoisotopic (exact) mass is 546 g/mol. The van der Waals surface area contributed by atoms with Crippen molar-refractivity contribution in [3.8, 4) is 22.6 Å². The van der Waals surface area contributed by atoms with Crippen molar-refractivity contribution < 1.29 is 23.1 Å². The van der Waals surface area contributed by atoms with E-state index in [4.69, 9.17) is 18.9 Å². The van der Waals surface area contributed by atoms with Gasteiger partial charge in [0.2, 0.25) is 18.1 Å². The number of aromatic amines is 1. The molecule has 0 saturated carbocycles. The number of benzene rings is 1. The summed E-state index contributed by atoms with van der Waals surface area (Å²) in [5.41, 5.74) is 1.69. The van der Waals surface area contributed by atoms with Crippen molar-refractivity contribution in [3.05, 3.63) is 72.3 Å². The number of piperidine rings is 1. The maximum atomic E-state index is 13.7. The number of ether oxygens (including phenoxy) is 2. The van der Waals surface area contributed by atoms with Gasteiger partial charge < -0.3 is 29.1 Å². The molecule has 3 aromatic heterocycles. The molecule has 2 saturated heterocycles. The van der Waals surface area contributed by atoms with Crippen LogP contribution in [0.15, 0.2) is 59.3 Å². The Morgan fingerprint density at radius 3 is 2.60 bits per heavy atom. The van der Waals surface area contributed by atoms with Crippen molar-refractivity contribution in [1.29, 1.82) is 0 Å². The maximum absolute atomic E-state index is 13.7. The van der Waals surface area contributed by atoms with Gasteiger partial charge in [0.25, 0.3) is 0 Å². The van der Waals surface area contributed by atoms with Crippen molar-refractivity contribution in [2.45, 2.75) is 39.0 Å². The number of anilines is 1. The summed E-state index contributed by atoms with van der Waals surface area (Å²) in [6.07, 6.45) is 5.66. The number of nitrogens with one attached hydrogen (secondary N) is 2. The highest BCUT2D eigenvalue weighted by Crippen LogP contribution is 2.36. The quantitative estimate of drug-likeness (QED) is 0.335. The molecule has 0 aliphatic carbocycles. The first-order chi connectivity index (χ1) is 19.5. The molecule has 40 heavy (non-hydrogen) atoms. The van der Waals surface area contributed by atoms with Gasteiger partial charge in [-0.05, 0) is 68.7 Å². The predicted octanol–water partition coefficient (Wildman–Crippen LogP) is 4.94. The molecule has 2 aliphatic heterocycles. The molecule has 11 heteroatoms. The third-order valence-electron chi connectivity index (χ3n) is 7.24. The van der Waals surface area contributed by atoms with Gasteiger partial charge in [0, 0.05) is 24.8 Å². The van der Waals surface area contributed by atoms with Gasteiger partial charge in [0.1, 0.15) is 11.6 Å². The van der Waals surface area contributed by atoms with Gasteiger partial charge in [-0.3, -0.25) is 4.79 Å². The molecule has 5 heterocycles. The van der Waals surface area contributed by atoms with E-state index in [1.807, 2.05) is 24.0 Å². The van der Waals surface area contributed by atoms with Gasteiger partial charge in [-0.15, -0.1) is 0 Å². The van der Waals surface area contributed by atoms with Gasteiger partial charge >= 0.3 is 0 Å². The number of halogens is 1. The zero-order valence-electron chi connectivity index (χ0n) is 22.2. The molecule has 0 radical (unpaired) electrons. The first-order valence-corrected chi connectivity index (χ1v) is 13.5. The lowest BCUT2D eigenvalue weighted by atomic mass is 9.89. The summed E-state index contributed by atoms with van der Waals surface area (Å²) in [5.74, 6) is 1.32. The first kappa shape index (κ1) is 26.1. The summed E-state index contributed by atoms with van der Waals surface area (Å²) >= 11 is 0. The number of furan rings is 1. The molecule has 0 atom stereocenters. The van der Waals surface area contributed by atoms with Crippen LogP contribution < -0.4 is 5.32 Å². The third kappa shape index (κ3) is 5.47. The number of carbonyl (C=O) groups excluding carboxylic acids is 1. The van der Waals surface area contributed by atoms with Crippen molar-refractivity contribution in [2.24, 2.45) is 5.41 Å². The zero-order chi connectivity index (χ0) is 27.5. The van der Waals surface area contributed by atoms with E-state index < -0.39 is 11.7 Å². The second-order valence-corrected chi connectivity index (χ2v) is 10.4. The Morgan fingerprint density at radius 1 is 1.10 bits per heavy atom. The van der Waals surface area contributed by atoms with Crippen LogP contribution in [0.1, 0.15) is 44.1 Å². The molecule has 2 fully saturated rings. The number of rotatable bonds is 7. The van der Waals surface area contributed by atoms with E-state index in [9.17, 15) is 9.18 Å². The average molecular weight is 547 g/mol. The minimum Gasteiger partial charge on any atom is -0.467 e. The van der Waals surface area contributed by atoms with Gasteiger partial charge in [-0.2, -0.15) is 0 Å². The summed E-state index contributed by atoms with van der Waals surface area (Å²) in [5, 5.41) is 3.16. The highest BCUT2D eigenvalue weighted by molar-refractivity contribution is 5.83. The second-order valence-electron chi connectivity index (χ2n) is 10.4. The van der Waals surface area contributed by atoms with Crippen molar-refractivity contribution in [2.75, 3.05) is 31.6 Å². The van der Waals surface area contributed by atoms with Gasteiger partial charge in [-0.1, -0.05) is 0 Å². The van der Waals surface area contributed by atoms with Gasteiger partial charge in [-0.25, -0.2) is 19.3 Å². The topological polar surface area (TPSA) is 118 Å². The molecule has 2 N–H and O–H groups in total. The maximum Gasteiger partial charge on any atom is 0.233 e. The molecular formula is C29H31FN6O4. The molecule has 0 spiro atoms. The summed E-state index contributed by atoms with van der Waals surface area (Å²) < 4.78 is 31.2. The summed E-state index contributed by atoms with van der Waals surface area (Å²) in [7, 11) is 0. The molecule has 0 bridgehead atoms. The first-order valence-electron chi connectivity index (χ1n) is 13.5. The highest BCUT2D eigenvalue weighted by atomic mass is 19.1. The Hall–Kier alpha value is -4.09. The molecular weight excluding hydrogens is 515 g/mol. The van der Waals surface area contributed by atoms with Crippen LogP contribution >= 0.6 is 0 Å². The fraction of sp³-hybridized carbons (Fsp3) is 0.379. The number of imidazole rings is 1. The average Bonchev–Trinajstić information content (AvgIpc) is 3.68. The molecule has 208 valence electrons. The second kappa shape index (κ2) is 11.2. The molecule has 1 aromatic carbocycles. The SMILES string of the molecule is CC1(C(=O)N2CCCCC2)COC(c2nc(-c3ccc(F)cc3)c(-c3ccnc(NCc4ccco4)n3)[nH]2)OC1. The van der Waals surface area contributed by atoms with E-state index in [0.29, 0.717) is 41.0 Å². The minimum absolute atomic E-state index is 0.0633. The fourth-order valence-electron chi connectivity index (χ4n) is 5.04. The highest BCUT2D eigenvalue weighted by Gasteiger charge is 2.43. The van der Waals surface area contributed by atoms with Crippen molar-refractivity contribution in [1.82, 2.24) is 24.8 Å². The molecule has 10 nitrogen and oxygen atoms in total. The number of carbonyl (C=O) groups is 1. The lowest BCUT2D eigenvalue weighted by molar-refractivity contribution is -0.234. The van der Waals surface area contributed by atoms with Crippen molar-refractivity contribution >= 4 is 11.9 Å². The number of amides is 1. The lowest BCUT2D eigenvalue weighted by Crippen LogP contribution is -2.51. The summed E-state index contributed by atoms with van der Waals surface area (Å²) in [6, 6.07) is 11.5. The Morgan fingerprint density at radius 2 is 1.88 bits per heavy atom. The van der Waals surface area contributed by atoms with Crippen LogP contribution in [0.5, 0.6) is 0 Å². The van der Waals surface area contributed by atoms with E-state index in [1.54, 1.807) is 30.7 Å². The standard InChI is InChI=1S/C29H31FN6O4/c1-29(27(37)36-13-3-2-4-14-36)17-39-26(40-18-29)25-34-23(19-7-9-20(30)10-8-19)24(35-25)22-11-12-31-28(33-22)32-16-21-6-5-15-38-21/h5-12,15,26H,2-4,13-14,16-18H2,1H3,(H,34,35)(H,31,32,33). The van der Waals surface area contributed by atoms with E-state index in [-0.39, 0.29) is 24.9 Å². The molecule has 2 aliphatic rings. The normalized spacial score (nSPS) is 21.4. The van der Waals surface area contributed by atoms with Crippen LogP contribution in [0.25, 0.3) is 22.6 Å². The Balaban J connectivity index is 1.25. The van der Waals surface area contributed by atoms with E-state index >= 15 is 0 Å². The van der Waals surface area contributed by atoms with E-state index in [0.717, 1.165) is 38.1 Å². The number of H-pyrrole nitrogens is 1. The van der Waals surface area contributed by atoms with E-state index in [1.165, 1.54) is 12.1 Å². The minimum atomic E-state index is -0.798. The predicted molar refractivity (Wildman–Crippen MR) is 144 cm³/mol. The third-order valence-corrected chi connectivity index (χ3v) is 7.24. The molecule has 1 amide bonds. The van der Waals surface area contributed by atoms with Crippen LogP contribution in [0.3, 0.4) is 0 Å². The van der Waals surface area contributed by atoms with E-state index in [2.05, 4.69) is 20.3 Å². The number of hydrogen-bond acceptors (Lipinski definition) is 8. The Labute approximate surface area is 230 Å². The Kier molecular flexibility index (Phi) is 7.31. The van der Waals surface area contributed by atoms with Crippen LogP contribution in [0.2, 0.25) is 0 Å². The van der Waals surface area contributed by atoms with Crippen LogP contribution in [-0.2, 0) is 20.8 Å². The Bertz CT molecular complexity index is 1440. The largest absolute Gasteiger partial charge is 0.467 e. The van der Waals surface area contributed by atoms with Crippen LogP contribution in [-0.4, -0.2) is 57.0 Å². The molecule has 6 rings (SSSR count). The molecule has 0 unspecified atom stereocenters. The van der Waals surface area contributed by atoms with Crippen molar-refractivity contribution in [3.63, 3.8) is 0 Å². The van der Waals surface area contributed by atoms with Crippen LogP contribution in [0, 0.1) is 11.2 Å². The number of nitrogens with zero attached hydrogens (tertiary/aromatic N) is 4.